The number of amides is 1. The molecule has 0 aromatic rings. The fraction of sp³-hybridized carbons (Fsp3) is 0.933. The van der Waals surface area contributed by atoms with Crippen LogP contribution in [0.5, 0.6) is 0 Å². The Morgan fingerprint density at radius 1 is 1.28 bits per heavy atom. The molecule has 1 heterocycles. The second kappa shape index (κ2) is 7.13. The van der Waals surface area contributed by atoms with Crippen LogP contribution >= 0.6 is 0 Å². The minimum Gasteiger partial charge on any atom is -0.342 e. The molecule has 0 aliphatic carbocycles. The first kappa shape index (κ1) is 15.5. The number of nitrogens with two attached hydrogens (primary N) is 1. The SMILES string of the molecule is CC(N)CCCC(C)C(=O)N1CCC(C)C(C)C1. The van der Waals surface area contributed by atoms with Gasteiger partial charge < -0.3 is 10.6 Å². The number of hydrogen-bond acceptors (Lipinski definition) is 2. The first-order chi connectivity index (χ1) is 8.41. The molecule has 0 spiro atoms. The quantitative estimate of drug-likeness (QED) is 0.820. The summed E-state index contributed by atoms with van der Waals surface area (Å²) < 4.78 is 0. The molecule has 0 aromatic heterocycles. The van der Waals surface area contributed by atoms with Crippen LogP contribution in [0.3, 0.4) is 0 Å². The Morgan fingerprint density at radius 2 is 1.94 bits per heavy atom. The van der Waals surface area contributed by atoms with Crippen LogP contribution in [0.15, 0.2) is 0 Å². The molecule has 1 rings (SSSR count). The molecule has 0 radical (unpaired) electrons. The number of piperidine rings is 1. The monoisotopic (exact) mass is 254 g/mol. The van der Waals surface area contributed by atoms with Gasteiger partial charge in [0, 0.05) is 25.0 Å². The Hall–Kier alpha value is -0.570. The molecule has 0 aromatic carbocycles. The Morgan fingerprint density at radius 3 is 2.50 bits per heavy atom. The van der Waals surface area contributed by atoms with Crippen LogP contribution in [-0.4, -0.2) is 29.9 Å². The van der Waals surface area contributed by atoms with Crippen LogP contribution in [0.2, 0.25) is 0 Å². The van der Waals surface area contributed by atoms with Gasteiger partial charge in [0.25, 0.3) is 0 Å². The van der Waals surface area contributed by atoms with Crippen LogP contribution in [-0.2, 0) is 4.79 Å². The molecule has 1 fully saturated rings. The second-order valence-electron chi connectivity index (χ2n) is 6.34. The maximum Gasteiger partial charge on any atom is 0.225 e. The van der Waals surface area contributed by atoms with Crippen molar-refractivity contribution < 1.29 is 4.79 Å². The molecular formula is C15H30N2O. The third-order valence-electron chi connectivity index (χ3n) is 4.36. The molecule has 1 aliphatic rings. The number of carbonyl (C=O) groups is 1. The third-order valence-corrected chi connectivity index (χ3v) is 4.36. The average molecular weight is 254 g/mol. The lowest BCUT2D eigenvalue weighted by Gasteiger charge is -2.36. The molecule has 0 bridgehead atoms. The minimum absolute atomic E-state index is 0.157. The lowest BCUT2D eigenvalue weighted by atomic mass is 9.88. The molecule has 1 aliphatic heterocycles. The summed E-state index contributed by atoms with van der Waals surface area (Å²) in [4.78, 5) is 14.4. The Bertz CT molecular complexity index is 265. The summed E-state index contributed by atoms with van der Waals surface area (Å²) in [5.74, 6) is 1.89. The molecule has 1 amide bonds. The maximum atomic E-state index is 12.3. The number of carbonyl (C=O) groups excluding carboxylic acids is 1. The average Bonchev–Trinajstić information content (AvgIpc) is 2.31. The lowest BCUT2D eigenvalue weighted by Crippen LogP contribution is -2.44. The van der Waals surface area contributed by atoms with Gasteiger partial charge >= 0.3 is 0 Å². The number of rotatable bonds is 5. The van der Waals surface area contributed by atoms with Gasteiger partial charge in [0.05, 0.1) is 0 Å². The summed E-state index contributed by atoms with van der Waals surface area (Å²) in [5.41, 5.74) is 5.74. The van der Waals surface area contributed by atoms with Crippen LogP contribution in [0.4, 0.5) is 0 Å². The van der Waals surface area contributed by atoms with E-state index in [-0.39, 0.29) is 12.0 Å². The van der Waals surface area contributed by atoms with Crippen molar-refractivity contribution in [2.45, 2.75) is 59.4 Å². The Kier molecular flexibility index (Phi) is 6.13. The van der Waals surface area contributed by atoms with Gasteiger partial charge in [-0.25, -0.2) is 0 Å². The molecule has 0 saturated carbocycles. The van der Waals surface area contributed by atoms with E-state index in [4.69, 9.17) is 5.73 Å². The smallest absolute Gasteiger partial charge is 0.225 e. The van der Waals surface area contributed by atoms with Crippen LogP contribution in [0, 0.1) is 17.8 Å². The lowest BCUT2D eigenvalue weighted by molar-refractivity contribution is -0.137. The van der Waals surface area contributed by atoms with Gasteiger partial charge in [-0.2, -0.15) is 0 Å². The second-order valence-corrected chi connectivity index (χ2v) is 6.34. The predicted octanol–water partition coefficient (Wildman–Crippen LogP) is 2.64. The van der Waals surface area contributed by atoms with E-state index in [9.17, 15) is 4.79 Å². The zero-order valence-corrected chi connectivity index (χ0v) is 12.5. The Labute approximate surface area is 112 Å². The number of nitrogens with zero attached hydrogens (tertiary/aromatic N) is 1. The maximum absolute atomic E-state index is 12.3. The van der Waals surface area contributed by atoms with Crippen molar-refractivity contribution in [1.29, 1.82) is 0 Å². The molecule has 18 heavy (non-hydrogen) atoms. The highest BCUT2D eigenvalue weighted by molar-refractivity contribution is 5.78. The normalized spacial score (nSPS) is 27.9. The van der Waals surface area contributed by atoms with Crippen molar-refractivity contribution in [2.24, 2.45) is 23.5 Å². The zero-order chi connectivity index (χ0) is 13.7. The van der Waals surface area contributed by atoms with Crippen LogP contribution in [0.1, 0.15) is 53.4 Å². The highest BCUT2D eigenvalue weighted by atomic mass is 16.2. The van der Waals surface area contributed by atoms with E-state index in [1.165, 1.54) is 0 Å². The van der Waals surface area contributed by atoms with Gasteiger partial charge in [0.1, 0.15) is 0 Å². The topological polar surface area (TPSA) is 46.3 Å². The van der Waals surface area contributed by atoms with Gasteiger partial charge in [0.15, 0.2) is 0 Å². The Balaban J connectivity index is 2.34. The molecule has 1 saturated heterocycles. The van der Waals surface area contributed by atoms with Crippen LogP contribution < -0.4 is 5.73 Å². The van der Waals surface area contributed by atoms with Crippen molar-refractivity contribution in [3.05, 3.63) is 0 Å². The van der Waals surface area contributed by atoms with Crippen molar-refractivity contribution in [3.8, 4) is 0 Å². The van der Waals surface area contributed by atoms with Crippen LogP contribution in [0.25, 0.3) is 0 Å². The first-order valence-electron chi connectivity index (χ1n) is 7.46. The largest absolute Gasteiger partial charge is 0.342 e. The van der Waals surface area contributed by atoms with Crippen molar-refractivity contribution in [3.63, 3.8) is 0 Å². The van der Waals surface area contributed by atoms with E-state index in [2.05, 4.69) is 25.7 Å². The highest BCUT2D eigenvalue weighted by Crippen LogP contribution is 2.24. The molecule has 3 heteroatoms. The van der Waals surface area contributed by atoms with E-state index >= 15 is 0 Å². The van der Waals surface area contributed by atoms with E-state index < -0.39 is 0 Å². The van der Waals surface area contributed by atoms with Gasteiger partial charge in [-0.1, -0.05) is 27.2 Å². The van der Waals surface area contributed by atoms with Crippen molar-refractivity contribution in [1.82, 2.24) is 4.90 Å². The highest BCUT2D eigenvalue weighted by Gasteiger charge is 2.28. The summed E-state index contributed by atoms with van der Waals surface area (Å²) in [5, 5.41) is 0. The van der Waals surface area contributed by atoms with Gasteiger partial charge in [-0.15, -0.1) is 0 Å². The van der Waals surface area contributed by atoms with E-state index in [1.807, 2.05) is 6.92 Å². The summed E-state index contributed by atoms with van der Waals surface area (Å²) in [7, 11) is 0. The molecule has 2 N–H and O–H groups in total. The molecule has 4 unspecified atom stereocenters. The fourth-order valence-corrected chi connectivity index (χ4v) is 2.64. The van der Waals surface area contributed by atoms with Gasteiger partial charge in [0.2, 0.25) is 5.91 Å². The van der Waals surface area contributed by atoms with Crippen molar-refractivity contribution >= 4 is 5.91 Å². The van der Waals surface area contributed by atoms with E-state index in [0.29, 0.717) is 11.8 Å². The number of hydrogen-bond donors (Lipinski definition) is 1. The van der Waals surface area contributed by atoms with E-state index in [1.54, 1.807) is 0 Å². The third kappa shape index (κ3) is 4.60. The predicted molar refractivity (Wildman–Crippen MR) is 76.2 cm³/mol. The molecule has 4 atom stereocenters. The molecule has 3 nitrogen and oxygen atoms in total. The fourth-order valence-electron chi connectivity index (χ4n) is 2.64. The van der Waals surface area contributed by atoms with Gasteiger partial charge in [-0.05, 0) is 38.0 Å². The standard InChI is InChI=1S/C15H30N2O/c1-11-8-9-17(10-13(11)3)15(18)12(2)6-5-7-14(4)16/h11-14H,5-10,16H2,1-4H3. The summed E-state index contributed by atoms with van der Waals surface area (Å²) in [6, 6.07) is 0.253. The first-order valence-corrected chi connectivity index (χ1v) is 7.46. The summed E-state index contributed by atoms with van der Waals surface area (Å²) in [6.07, 6.45) is 4.20. The number of likely N-dealkylation sites (tertiary alicyclic amines) is 1. The zero-order valence-electron chi connectivity index (χ0n) is 12.5. The molecular weight excluding hydrogens is 224 g/mol. The van der Waals surface area contributed by atoms with Gasteiger partial charge in [-0.3, -0.25) is 4.79 Å². The summed E-state index contributed by atoms with van der Waals surface area (Å²) >= 11 is 0. The van der Waals surface area contributed by atoms with Crippen molar-refractivity contribution in [2.75, 3.05) is 13.1 Å². The molecule has 106 valence electrons. The minimum atomic E-state index is 0.157. The summed E-state index contributed by atoms with van der Waals surface area (Å²) in [6.45, 7) is 10.5. The van der Waals surface area contributed by atoms with E-state index in [0.717, 1.165) is 44.7 Å².